The number of nitrogens with one attached hydrogen (secondary N) is 1. The molecule has 0 bridgehead atoms. The fourth-order valence-corrected chi connectivity index (χ4v) is 2.97. The third-order valence-corrected chi connectivity index (χ3v) is 4.65. The molecule has 0 saturated heterocycles. The lowest BCUT2D eigenvalue weighted by atomic mass is 10.1. The van der Waals surface area contributed by atoms with E-state index in [4.69, 9.17) is 9.47 Å². The first kappa shape index (κ1) is 21.1. The lowest BCUT2D eigenvalue weighted by molar-refractivity contribution is -0.121. The maximum absolute atomic E-state index is 12.1. The summed E-state index contributed by atoms with van der Waals surface area (Å²) in [4.78, 5) is 24.2. The second kappa shape index (κ2) is 10.2. The number of aryl methyl sites for hydroxylation is 1. The minimum Gasteiger partial charge on any atom is -0.497 e. The molecule has 1 heterocycles. The second-order valence-electron chi connectivity index (χ2n) is 6.74. The molecule has 0 aliphatic carbocycles. The second-order valence-corrected chi connectivity index (χ2v) is 6.74. The Bertz CT molecular complexity index is 1040. The minimum absolute atomic E-state index is 0.0668. The van der Waals surface area contributed by atoms with Crippen molar-refractivity contribution in [2.45, 2.75) is 25.9 Å². The quantitative estimate of drug-likeness (QED) is 0.590. The van der Waals surface area contributed by atoms with Gasteiger partial charge in [0, 0.05) is 31.1 Å². The molecule has 0 aliphatic rings. The zero-order chi connectivity index (χ0) is 21.3. The highest BCUT2D eigenvalue weighted by Crippen LogP contribution is 2.21. The van der Waals surface area contributed by atoms with Crippen LogP contribution in [0.5, 0.6) is 11.5 Å². The number of carbonyl (C=O) groups excluding carboxylic acids is 1. The van der Waals surface area contributed by atoms with Crippen LogP contribution in [0.3, 0.4) is 0 Å². The number of hydrogen-bond donors (Lipinski definition) is 1. The van der Waals surface area contributed by atoms with Crippen LogP contribution < -0.4 is 20.3 Å². The normalized spacial score (nSPS) is 10.5. The Labute approximate surface area is 175 Å². The average Bonchev–Trinajstić information content (AvgIpc) is 2.79. The van der Waals surface area contributed by atoms with E-state index in [0.29, 0.717) is 31.6 Å². The maximum Gasteiger partial charge on any atom is 0.266 e. The molecule has 3 rings (SSSR count). The molecule has 3 aromatic rings. The van der Waals surface area contributed by atoms with Crippen LogP contribution in [0.15, 0.2) is 65.5 Å². The van der Waals surface area contributed by atoms with Crippen LogP contribution in [0, 0.1) is 0 Å². The van der Waals surface area contributed by atoms with Crippen LogP contribution in [0.1, 0.15) is 18.4 Å². The number of benzene rings is 2. The van der Waals surface area contributed by atoms with Crippen LogP contribution in [-0.4, -0.2) is 29.9 Å². The Kier molecular flexibility index (Phi) is 7.21. The van der Waals surface area contributed by atoms with E-state index in [1.165, 1.54) is 10.7 Å². The van der Waals surface area contributed by atoms with Crippen LogP contribution in [0.25, 0.3) is 11.3 Å². The van der Waals surface area contributed by atoms with Crippen molar-refractivity contribution >= 4 is 5.91 Å². The maximum atomic E-state index is 12.1. The van der Waals surface area contributed by atoms with Crippen molar-refractivity contribution in [3.8, 4) is 22.8 Å². The van der Waals surface area contributed by atoms with Gasteiger partial charge >= 0.3 is 0 Å². The number of amides is 1. The monoisotopic (exact) mass is 407 g/mol. The summed E-state index contributed by atoms with van der Waals surface area (Å²) in [5, 5.41) is 7.32. The summed E-state index contributed by atoms with van der Waals surface area (Å²) >= 11 is 0. The van der Waals surface area contributed by atoms with E-state index < -0.39 is 0 Å². The molecule has 0 unspecified atom stereocenters. The fraction of sp³-hybridized carbons (Fsp3) is 0.261. The predicted octanol–water partition coefficient (Wildman–Crippen LogP) is 3.02. The summed E-state index contributed by atoms with van der Waals surface area (Å²) in [5.41, 5.74) is 2.34. The highest BCUT2D eigenvalue weighted by atomic mass is 16.5. The Hall–Kier alpha value is -3.61. The molecule has 0 radical (unpaired) electrons. The zero-order valence-corrected chi connectivity index (χ0v) is 17.1. The molecule has 1 aromatic heterocycles. The van der Waals surface area contributed by atoms with Crippen LogP contribution >= 0.6 is 0 Å². The Morgan fingerprint density at radius 3 is 2.50 bits per heavy atom. The summed E-state index contributed by atoms with van der Waals surface area (Å²) < 4.78 is 11.8. The van der Waals surface area contributed by atoms with Gasteiger partial charge in [0.25, 0.3) is 5.56 Å². The molecule has 156 valence electrons. The Morgan fingerprint density at radius 2 is 1.77 bits per heavy atom. The summed E-state index contributed by atoms with van der Waals surface area (Å²) in [5.74, 6) is 1.43. The highest BCUT2D eigenvalue weighted by molar-refractivity contribution is 5.75. The molecule has 7 nitrogen and oxygen atoms in total. The molecule has 2 aromatic carbocycles. The third kappa shape index (κ3) is 5.70. The smallest absolute Gasteiger partial charge is 0.266 e. The summed E-state index contributed by atoms with van der Waals surface area (Å²) in [7, 11) is 3.22. The summed E-state index contributed by atoms with van der Waals surface area (Å²) in [6, 6.07) is 18.2. The van der Waals surface area contributed by atoms with Gasteiger partial charge in [-0.25, -0.2) is 4.68 Å². The molecule has 0 aliphatic heterocycles. The number of rotatable bonds is 9. The standard InChI is InChI=1S/C23H25N3O4/c1-29-19-10-8-17(9-11-19)16-24-22(27)7-4-14-26-23(28)13-12-21(25-26)18-5-3-6-20(15-18)30-2/h3,5-6,8-13,15H,4,7,14,16H2,1-2H3,(H,24,27). The van der Waals surface area contributed by atoms with E-state index in [1.807, 2.05) is 48.5 Å². The van der Waals surface area contributed by atoms with Crippen LogP contribution in [0.2, 0.25) is 0 Å². The minimum atomic E-state index is -0.194. The van der Waals surface area contributed by atoms with Crippen molar-refractivity contribution in [1.82, 2.24) is 15.1 Å². The fourth-order valence-electron chi connectivity index (χ4n) is 2.97. The summed E-state index contributed by atoms with van der Waals surface area (Å²) in [6.07, 6.45) is 0.830. The van der Waals surface area contributed by atoms with Gasteiger partial charge in [0.2, 0.25) is 5.91 Å². The molecule has 0 spiro atoms. The molecular weight excluding hydrogens is 382 g/mol. The van der Waals surface area contributed by atoms with E-state index in [1.54, 1.807) is 20.3 Å². The molecule has 30 heavy (non-hydrogen) atoms. The van der Waals surface area contributed by atoms with Gasteiger partial charge in [-0.15, -0.1) is 0 Å². The first-order valence-electron chi connectivity index (χ1n) is 9.71. The predicted molar refractivity (Wildman–Crippen MR) is 115 cm³/mol. The van der Waals surface area contributed by atoms with Crippen LogP contribution in [-0.2, 0) is 17.9 Å². The third-order valence-electron chi connectivity index (χ3n) is 4.65. The SMILES string of the molecule is COc1ccc(CNC(=O)CCCn2nc(-c3cccc(OC)c3)ccc2=O)cc1. The van der Waals surface area contributed by atoms with E-state index >= 15 is 0 Å². The molecule has 0 saturated carbocycles. The number of ether oxygens (including phenoxy) is 2. The van der Waals surface area contributed by atoms with Gasteiger partial charge in [0.05, 0.1) is 19.9 Å². The van der Waals surface area contributed by atoms with Crippen molar-refractivity contribution in [1.29, 1.82) is 0 Å². The number of methoxy groups -OCH3 is 2. The average molecular weight is 407 g/mol. The van der Waals surface area contributed by atoms with Gasteiger partial charge in [-0.05, 0) is 42.3 Å². The number of nitrogens with zero attached hydrogens (tertiary/aromatic N) is 2. The molecule has 0 atom stereocenters. The van der Waals surface area contributed by atoms with E-state index in [9.17, 15) is 9.59 Å². The molecule has 0 fully saturated rings. The first-order valence-corrected chi connectivity index (χ1v) is 9.71. The van der Waals surface area contributed by atoms with Gasteiger partial charge < -0.3 is 14.8 Å². The molecule has 1 N–H and O–H groups in total. The van der Waals surface area contributed by atoms with Crippen molar-refractivity contribution in [2.24, 2.45) is 0 Å². The van der Waals surface area contributed by atoms with Crippen LogP contribution in [0.4, 0.5) is 0 Å². The molecule has 1 amide bonds. The number of carbonyl (C=O) groups is 1. The van der Waals surface area contributed by atoms with Gasteiger partial charge in [-0.2, -0.15) is 5.10 Å². The van der Waals surface area contributed by atoms with E-state index in [2.05, 4.69) is 10.4 Å². The van der Waals surface area contributed by atoms with Gasteiger partial charge in [0.1, 0.15) is 11.5 Å². The van der Waals surface area contributed by atoms with Crippen molar-refractivity contribution in [3.05, 3.63) is 76.6 Å². The van der Waals surface area contributed by atoms with Crippen molar-refractivity contribution < 1.29 is 14.3 Å². The molecule has 7 heteroatoms. The first-order chi connectivity index (χ1) is 14.6. The Morgan fingerprint density at radius 1 is 1.00 bits per heavy atom. The topological polar surface area (TPSA) is 82.4 Å². The Balaban J connectivity index is 1.53. The number of hydrogen-bond acceptors (Lipinski definition) is 5. The molecular formula is C23H25N3O4. The van der Waals surface area contributed by atoms with Crippen molar-refractivity contribution in [2.75, 3.05) is 14.2 Å². The van der Waals surface area contributed by atoms with Gasteiger partial charge in [-0.3, -0.25) is 9.59 Å². The zero-order valence-electron chi connectivity index (χ0n) is 17.1. The lowest BCUT2D eigenvalue weighted by Gasteiger charge is -2.09. The largest absolute Gasteiger partial charge is 0.497 e. The van der Waals surface area contributed by atoms with Crippen molar-refractivity contribution in [3.63, 3.8) is 0 Å². The summed E-state index contributed by atoms with van der Waals surface area (Å²) in [6.45, 7) is 0.818. The van der Waals surface area contributed by atoms with Gasteiger partial charge in [0.15, 0.2) is 0 Å². The van der Waals surface area contributed by atoms with Gasteiger partial charge in [-0.1, -0.05) is 24.3 Å². The van der Waals surface area contributed by atoms with E-state index in [0.717, 1.165) is 22.6 Å². The van der Waals surface area contributed by atoms with E-state index in [-0.39, 0.29) is 11.5 Å². The highest BCUT2D eigenvalue weighted by Gasteiger charge is 2.07. The number of aromatic nitrogens is 2. The lowest BCUT2D eigenvalue weighted by Crippen LogP contribution is -2.25.